The Kier molecular flexibility index (Phi) is 10.6. The second kappa shape index (κ2) is 13.6. The van der Waals surface area contributed by atoms with Crippen molar-refractivity contribution in [3.63, 3.8) is 0 Å². The molecule has 0 aromatic carbocycles. The van der Waals surface area contributed by atoms with Gasteiger partial charge in [0.15, 0.2) is 12.4 Å². The Hall–Kier alpha value is -3.36. The first-order valence-corrected chi connectivity index (χ1v) is 16.3. The van der Waals surface area contributed by atoms with E-state index in [1.54, 1.807) is 19.9 Å². The van der Waals surface area contributed by atoms with Crippen LogP contribution in [0, 0.1) is 38.7 Å². The molecule has 4 rings (SSSR count). The lowest BCUT2D eigenvalue weighted by molar-refractivity contribution is -0.757. The first-order valence-electron chi connectivity index (χ1n) is 15.9. The van der Waals surface area contributed by atoms with Crippen molar-refractivity contribution < 1.29 is 54.0 Å². The highest BCUT2D eigenvalue weighted by atomic mass is 35.5. The van der Waals surface area contributed by atoms with Crippen molar-refractivity contribution in [3.8, 4) is 0 Å². The molecule has 14 nitrogen and oxygen atoms in total. The summed E-state index contributed by atoms with van der Waals surface area (Å²) < 4.78 is 5.14. The SMILES string of the molecule is C[C@H]1C[C@H]2[C@@H]3CC=C4CC(=O)C=C[C@]4(C)[C@@]3(Cl)[C@@H](O)C[C@]2(C)C1(O)C(=O)COC(=O)CC(NC(=O)CCCCCO[N+](=O)[O-])C(=O)O. The molecule has 2 fully saturated rings. The summed E-state index contributed by atoms with van der Waals surface area (Å²) in [6.07, 6.45) is 5.36. The van der Waals surface area contributed by atoms with Crippen LogP contribution in [0.15, 0.2) is 23.8 Å². The van der Waals surface area contributed by atoms with Crippen LogP contribution in [0.3, 0.4) is 0 Å². The van der Waals surface area contributed by atoms with Gasteiger partial charge in [0, 0.05) is 23.7 Å². The molecule has 0 aromatic rings. The van der Waals surface area contributed by atoms with Crippen LogP contribution in [-0.2, 0) is 33.5 Å². The Morgan fingerprint density at radius 1 is 1.19 bits per heavy atom. The summed E-state index contributed by atoms with van der Waals surface area (Å²) in [5, 5.41) is 44.8. The Morgan fingerprint density at radius 2 is 1.89 bits per heavy atom. The predicted octanol–water partition coefficient (Wildman–Crippen LogP) is 2.44. The number of fused-ring (bicyclic) bond motifs is 5. The third-order valence-corrected chi connectivity index (χ3v) is 12.1. The number of aliphatic carboxylic acids is 1. The smallest absolute Gasteiger partial charge is 0.326 e. The van der Waals surface area contributed by atoms with Gasteiger partial charge in [0.05, 0.1) is 24.0 Å². The van der Waals surface area contributed by atoms with E-state index in [0.29, 0.717) is 32.1 Å². The lowest BCUT2D eigenvalue weighted by Gasteiger charge is -2.63. The molecule has 0 saturated heterocycles. The van der Waals surface area contributed by atoms with E-state index in [4.69, 9.17) is 16.3 Å². The average molecular weight is 683 g/mol. The van der Waals surface area contributed by atoms with Crippen molar-refractivity contribution in [2.24, 2.45) is 28.6 Å². The molecule has 9 atom stereocenters. The van der Waals surface area contributed by atoms with Gasteiger partial charge in [-0.15, -0.1) is 21.7 Å². The van der Waals surface area contributed by atoms with E-state index < -0.39 is 81.1 Å². The molecule has 0 spiro atoms. The van der Waals surface area contributed by atoms with Crippen LogP contribution in [0.2, 0.25) is 0 Å². The predicted molar refractivity (Wildman–Crippen MR) is 164 cm³/mol. The fourth-order valence-electron chi connectivity index (χ4n) is 8.70. The Bertz CT molecular complexity index is 1380. The number of esters is 1. The monoisotopic (exact) mass is 682 g/mol. The molecular formula is C32H43ClN2O12. The van der Waals surface area contributed by atoms with Gasteiger partial charge in [-0.05, 0) is 55.9 Å². The second-order valence-corrected chi connectivity index (χ2v) is 14.4. The summed E-state index contributed by atoms with van der Waals surface area (Å²) in [7, 11) is 0. The van der Waals surface area contributed by atoms with Crippen LogP contribution in [0.5, 0.6) is 0 Å². The Labute approximate surface area is 277 Å². The first-order chi connectivity index (χ1) is 21.9. The molecule has 0 bridgehead atoms. The molecule has 0 radical (unpaired) electrons. The van der Waals surface area contributed by atoms with Crippen LogP contribution in [-0.4, -0.2) is 85.7 Å². The summed E-state index contributed by atoms with van der Waals surface area (Å²) >= 11 is 7.42. The van der Waals surface area contributed by atoms with Gasteiger partial charge >= 0.3 is 11.9 Å². The number of nitrogens with one attached hydrogen (secondary N) is 1. The van der Waals surface area contributed by atoms with Crippen LogP contribution in [0.25, 0.3) is 0 Å². The number of hydrogen-bond acceptors (Lipinski definition) is 11. The van der Waals surface area contributed by atoms with Crippen molar-refractivity contribution >= 4 is 41.0 Å². The first kappa shape index (κ1) is 36.5. The van der Waals surface area contributed by atoms with Gasteiger partial charge < -0.3 is 30.2 Å². The van der Waals surface area contributed by atoms with Crippen LogP contribution < -0.4 is 5.32 Å². The standard InChI is InChI=1S/C32H43ClN2O12/c1-18-13-22-21-9-8-19-14-20(36)10-11-29(19,2)31(21,33)24(37)16-30(22,3)32(18,43)25(38)17-46-27(40)15-23(28(41)42)34-26(39)7-5-4-6-12-47-35(44)45/h8,10-11,18,21-24,37,43H,4-7,9,12-17H2,1-3H3,(H,34,39)(H,41,42)/t18-,21-,22-,23?,24-,29-,30-,31-,32?/m0/s1. The number of carbonyl (C=O) groups is 5. The molecule has 260 valence electrons. The lowest BCUT2D eigenvalue weighted by atomic mass is 9.46. The molecular weight excluding hydrogens is 640 g/mol. The van der Waals surface area contributed by atoms with Crippen LogP contribution in [0.4, 0.5) is 0 Å². The highest BCUT2D eigenvalue weighted by molar-refractivity contribution is 6.26. The molecule has 0 heterocycles. The minimum atomic E-state index is -1.99. The van der Waals surface area contributed by atoms with Gasteiger partial charge in [-0.3, -0.25) is 19.2 Å². The number of halogens is 1. The average Bonchev–Trinajstić information content (AvgIpc) is 3.19. The summed E-state index contributed by atoms with van der Waals surface area (Å²) in [6, 6.07) is -1.63. The zero-order valence-electron chi connectivity index (χ0n) is 26.7. The summed E-state index contributed by atoms with van der Waals surface area (Å²) in [5.74, 6) is -5.26. The molecule has 2 unspecified atom stereocenters. The number of amides is 1. The Balaban J connectivity index is 1.39. The number of carboxylic acid groups (broad SMARTS) is 1. The number of ketones is 2. The van der Waals surface area contributed by atoms with Crippen molar-refractivity contribution in [1.29, 1.82) is 0 Å². The largest absolute Gasteiger partial charge is 0.480 e. The summed E-state index contributed by atoms with van der Waals surface area (Å²) in [6.45, 7) is 4.41. The van der Waals surface area contributed by atoms with E-state index >= 15 is 0 Å². The van der Waals surface area contributed by atoms with E-state index in [1.165, 1.54) is 6.08 Å². The number of ether oxygens (including phenoxy) is 1. The maximum atomic E-state index is 13.7. The zero-order chi connectivity index (χ0) is 34.9. The Morgan fingerprint density at radius 3 is 2.55 bits per heavy atom. The van der Waals surface area contributed by atoms with Gasteiger partial charge in [-0.2, -0.15) is 0 Å². The molecule has 4 N–H and O–H groups in total. The number of nitrogens with zero attached hydrogens (tertiary/aromatic N) is 1. The number of carbonyl (C=O) groups excluding carboxylic acids is 4. The number of aliphatic hydroxyl groups is 2. The molecule has 0 aromatic heterocycles. The minimum absolute atomic E-state index is 0.0152. The van der Waals surface area contributed by atoms with Crippen molar-refractivity contribution in [1.82, 2.24) is 5.32 Å². The molecule has 4 aliphatic carbocycles. The highest BCUT2D eigenvalue weighted by Crippen LogP contribution is 2.70. The number of hydrogen-bond donors (Lipinski definition) is 4. The number of carboxylic acids is 1. The van der Waals surface area contributed by atoms with E-state index in [-0.39, 0.29) is 43.5 Å². The number of unbranched alkanes of at least 4 members (excludes halogenated alkanes) is 2. The van der Waals surface area contributed by atoms with Crippen LogP contribution >= 0.6 is 11.6 Å². The van der Waals surface area contributed by atoms with Gasteiger partial charge in [-0.1, -0.05) is 44.9 Å². The molecule has 47 heavy (non-hydrogen) atoms. The maximum absolute atomic E-state index is 13.7. The number of Topliss-reactive ketones (excluding diaryl/α,β-unsaturated/α-hetero) is 1. The van der Waals surface area contributed by atoms with Gasteiger partial charge in [-0.25, -0.2) is 4.79 Å². The number of allylic oxidation sites excluding steroid dienone is 4. The fraction of sp³-hybridized carbons (Fsp3) is 0.719. The van der Waals surface area contributed by atoms with Gasteiger partial charge in [0.25, 0.3) is 5.09 Å². The molecule has 15 heteroatoms. The molecule has 4 aliphatic rings. The topological polar surface area (TPSA) is 220 Å². The van der Waals surface area contributed by atoms with E-state index in [1.807, 2.05) is 13.0 Å². The molecule has 2 saturated carbocycles. The quantitative estimate of drug-likeness (QED) is 0.0518. The summed E-state index contributed by atoms with van der Waals surface area (Å²) in [4.78, 5) is 75.6. The van der Waals surface area contributed by atoms with Crippen molar-refractivity contribution in [2.45, 2.75) is 101 Å². The fourth-order valence-corrected chi connectivity index (χ4v) is 9.20. The van der Waals surface area contributed by atoms with E-state index in [0.717, 1.165) is 5.57 Å². The highest BCUT2D eigenvalue weighted by Gasteiger charge is 2.74. The second-order valence-electron chi connectivity index (χ2n) is 13.8. The maximum Gasteiger partial charge on any atom is 0.326 e. The van der Waals surface area contributed by atoms with Crippen LogP contribution in [0.1, 0.15) is 78.6 Å². The summed E-state index contributed by atoms with van der Waals surface area (Å²) in [5.41, 5.74) is -3.09. The molecule has 1 amide bonds. The number of aliphatic hydroxyl groups excluding tert-OH is 1. The van der Waals surface area contributed by atoms with Gasteiger partial charge in [0.2, 0.25) is 11.7 Å². The lowest BCUT2D eigenvalue weighted by Crippen LogP contribution is -2.68. The molecule has 0 aliphatic heterocycles. The third-order valence-electron chi connectivity index (χ3n) is 11.2. The van der Waals surface area contributed by atoms with Crippen molar-refractivity contribution in [3.05, 3.63) is 33.9 Å². The number of alkyl halides is 1. The minimum Gasteiger partial charge on any atom is -0.480 e. The normalized spacial score (nSPS) is 36.2. The zero-order valence-corrected chi connectivity index (χ0v) is 27.5. The van der Waals surface area contributed by atoms with Gasteiger partial charge in [0.1, 0.15) is 11.6 Å². The number of rotatable bonds is 14. The third kappa shape index (κ3) is 6.43. The van der Waals surface area contributed by atoms with E-state index in [9.17, 15) is 49.4 Å². The van der Waals surface area contributed by atoms with E-state index in [2.05, 4.69) is 10.2 Å². The van der Waals surface area contributed by atoms with Crippen molar-refractivity contribution in [2.75, 3.05) is 13.2 Å².